The normalized spacial score (nSPS) is 18.2. The Morgan fingerprint density at radius 3 is 2.59 bits per heavy atom. The second-order valence-corrected chi connectivity index (χ2v) is 10.0. The zero-order chi connectivity index (χ0) is 24.2. The van der Waals surface area contributed by atoms with E-state index in [-0.39, 0.29) is 22.9 Å². The molecule has 6 nitrogen and oxygen atoms in total. The van der Waals surface area contributed by atoms with Gasteiger partial charge in [0.05, 0.1) is 16.8 Å². The number of carbonyl (C=O) groups is 2. The number of primary amides is 1. The SMILES string of the molecule is CC1(C)CC(=O)n2c(c(-c3cc(F)c(C(N)=O)c(NC4CCOCC4)c3)c3ccc(F)cc32)C1. The fourth-order valence-electron chi connectivity index (χ4n) is 5.27. The molecule has 2 aliphatic heterocycles. The summed E-state index contributed by atoms with van der Waals surface area (Å²) in [5.74, 6) is -2.17. The lowest BCUT2D eigenvalue weighted by Crippen LogP contribution is -2.31. The van der Waals surface area contributed by atoms with E-state index in [1.54, 1.807) is 16.7 Å². The van der Waals surface area contributed by atoms with E-state index in [4.69, 9.17) is 10.5 Å². The number of hydrogen-bond acceptors (Lipinski definition) is 4. The molecule has 34 heavy (non-hydrogen) atoms. The van der Waals surface area contributed by atoms with Gasteiger partial charge < -0.3 is 15.8 Å². The smallest absolute Gasteiger partial charge is 0.253 e. The first kappa shape index (κ1) is 22.5. The van der Waals surface area contributed by atoms with Crippen molar-refractivity contribution in [3.05, 3.63) is 53.2 Å². The van der Waals surface area contributed by atoms with Gasteiger partial charge in [0.25, 0.3) is 5.91 Å². The van der Waals surface area contributed by atoms with Gasteiger partial charge in [-0.25, -0.2) is 8.78 Å². The van der Waals surface area contributed by atoms with Crippen LogP contribution >= 0.6 is 0 Å². The summed E-state index contributed by atoms with van der Waals surface area (Å²) in [5.41, 5.74) is 7.69. The van der Waals surface area contributed by atoms with Crippen molar-refractivity contribution in [2.24, 2.45) is 11.1 Å². The number of amides is 1. The second kappa shape index (κ2) is 8.20. The zero-order valence-electron chi connectivity index (χ0n) is 19.2. The highest BCUT2D eigenvalue weighted by molar-refractivity contribution is 6.06. The van der Waals surface area contributed by atoms with Crippen molar-refractivity contribution in [2.45, 2.75) is 45.6 Å². The number of aromatic nitrogens is 1. The highest BCUT2D eigenvalue weighted by Crippen LogP contribution is 2.44. The lowest BCUT2D eigenvalue weighted by molar-refractivity contribution is 0.0816. The standard InChI is InChI=1S/C26H27F2N3O3/c1-26(2)12-21-23(17-4-3-15(27)11-20(17)31(21)22(32)13-26)14-9-18(28)24(25(29)33)19(10-14)30-16-5-7-34-8-6-16/h3-4,9-11,16,30H,5-8,12-13H2,1-2H3,(H2,29,33). The molecule has 0 radical (unpaired) electrons. The average Bonchev–Trinajstić information content (AvgIpc) is 3.05. The number of nitrogens with two attached hydrogens (primary N) is 1. The molecule has 3 heterocycles. The molecule has 0 aliphatic carbocycles. The maximum Gasteiger partial charge on any atom is 0.253 e. The summed E-state index contributed by atoms with van der Waals surface area (Å²) in [6.07, 6.45) is 2.32. The van der Waals surface area contributed by atoms with Crippen LogP contribution in [-0.2, 0) is 11.2 Å². The molecule has 0 atom stereocenters. The van der Waals surface area contributed by atoms with Crippen LogP contribution in [0.5, 0.6) is 0 Å². The van der Waals surface area contributed by atoms with E-state index >= 15 is 4.39 Å². The van der Waals surface area contributed by atoms with Crippen molar-refractivity contribution in [3.63, 3.8) is 0 Å². The number of rotatable bonds is 4. The Kier molecular flexibility index (Phi) is 5.43. The van der Waals surface area contributed by atoms with Crippen LogP contribution in [0.2, 0.25) is 0 Å². The monoisotopic (exact) mass is 467 g/mol. The van der Waals surface area contributed by atoms with Gasteiger partial charge in [-0.1, -0.05) is 13.8 Å². The lowest BCUT2D eigenvalue weighted by Gasteiger charge is -2.31. The molecule has 1 fully saturated rings. The summed E-state index contributed by atoms with van der Waals surface area (Å²) in [7, 11) is 0. The van der Waals surface area contributed by atoms with Crippen molar-refractivity contribution >= 4 is 28.4 Å². The molecule has 1 saturated heterocycles. The van der Waals surface area contributed by atoms with Crippen molar-refractivity contribution in [3.8, 4) is 11.1 Å². The number of benzene rings is 2. The summed E-state index contributed by atoms with van der Waals surface area (Å²) in [4.78, 5) is 25.2. The third-order valence-electron chi connectivity index (χ3n) is 6.76. The maximum absolute atomic E-state index is 15.3. The molecule has 3 N–H and O–H groups in total. The maximum atomic E-state index is 15.3. The zero-order valence-corrected chi connectivity index (χ0v) is 19.2. The lowest BCUT2D eigenvalue weighted by atomic mass is 9.80. The molecule has 0 spiro atoms. The minimum atomic E-state index is -0.860. The Labute approximate surface area is 196 Å². The van der Waals surface area contributed by atoms with Gasteiger partial charge in [-0.3, -0.25) is 14.2 Å². The number of anilines is 1. The van der Waals surface area contributed by atoms with Gasteiger partial charge in [0.2, 0.25) is 5.91 Å². The Morgan fingerprint density at radius 1 is 1.15 bits per heavy atom. The fourth-order valence-corrected chi connectivity index (χ4v) is 5.27. The molecule has 8 heteroatoms. The number of fused-ring (bicyclic) bond motifs is 3. The Bertz CT molecular complexity index is 1320. The van der Waals surface area contributed by atoms with Gasteiger partial charge in [0.15, 0.2) is 0 Å². The molecule has 178 valence electrons. The van der Waals surface area contributed by atoms with Crippen LogP contribution in [0, 0.1) is 17.0 Å². The second-order valence-electron chi connectivity index (χ2n) is 10.0. The van der Waals surface area contributed by atoms with E-state index in [0.29, 0.717) is 59.5 Å². The molecular formula is C26H27F2N3O3. The fraction of sp³-hybridized carbons (Fsp3) is 0.385. The van der Waals surface area contributed by atoms with E-state index in [1.807, 2.05) is 13.8 Å². The van der Waals surface area contributed by atoms with E-state index in [9.17, 15) is 14.0 Å². The third-order valence-corrected chi connectivity index (χ3v) is 6.76. The molecule has 0 saturated carbocycles. The van der Waals surface area contributed by atoms with E-state index in [0.717, 1.165) is 12.8 Å². The number of carbonyl (C=O) groups excluding carboxylic acids is 2. The topological polar surface area (TPSA) is 86.4 Å². The van der Waals surface area contributed by atoms with Crippen LogP contribution in [0.25, 0.3) is 22.0 Å². The minimum absolute atomic E-state index is 0.0100. The van der Waals surface area contributed by atoms with Gasteiger partial charge >= 0.3 is 0 Å². The number of halogens is 2. The van der Waals surface area contributed by atoms with E-state index in [2.05, 4.69) is 5.32 Å². The molecule has 1 amide bonds. The largest absolute Gasteiger partial charge is 0.381 e. The summed E-state index contributed by atoms with van der Waals surface area (Å²) in [6.45, 7) is 5.16. The Morgan fingerprint density at radius 2 is 1.88 bits per heavy atom. The van der Waals surface area contributed by atoms with Crippen molar-refractivity contribution in [2.75, 3.05) is 18.5 Å². The first-order valence-electron chi connectivity index (χ1n) is 11.5. The number of nitrogens with one attached hydrogen (secondary N) is 1. The molecular weight excluding hydrogens is 440 g/mol. The summed E-state index contributed by atoms with van der Waals surface area (Å²) >= 11 is 0. The molecule has 2 aromatic carbocycles. The van der Waals surface area contributed by atoms with Gasteiger partial charge in [-0.15, -0.1) is 0 Å². The number of ether oxygens (including phenoxy) is 1. The summed E-state index contributed by atoms with van der Waals surface area (Å²) in [6, 6.07) is 7.30. The highest BCUT2D eigenvalue weighted by atomic mass is 19.1. The predicted octanol–water partition coefficient (Wildman–Crippen LogP) is 4.89. The van der Waals surface area contributed by atoms with Crippen LogP contribution in [0.15, 0.2) is 30.3 Å². The van der Waals surface area contributed by atoms with E-state index < -0.39 is 17.5 Å². The van der Waals surface area contributed by atoms with Gasteiger partial charge in [-0.2, -0.15) is 0 Å². The third kappa shape index (κ3) is 3.86. The molecule has 2 aliphatic rings. The van der Waals surface area contributed by atoms with Gasteiger partial charge in [-0.05, 0) is 60.6 Å². The minimum Gasteiger partial charge on any atom is -0.381 e. The Hall–Kier alpha value is -3.26. The van der Waals surface area contributed by atoms with Crippen LogP contribution in [0.1, 0.15) is 54.0 Å². The Balaban J connectivity index is 1.74. The molecule has 3 aromatic rings. The molecule has 5 rings (SSSR count). The first-order valence-corrected chi connectivity index (χ1v) is 11.5. The molecule has 0 unspecified atom stereocenters. The summed E-state index contributed by atoms with van der Waals surface area (Å²) in [5, 5.41) is 3.94. The van der Waals surface area contributed by atoms with Gasteiger partial charge in [0, 0.05) is 42.3 Å². The average molecular weight is 468 g/mol. The highest BCUT2D eigenvalue weighted by Gasteiger charge is 2.35. The van der Waals surface area contributed by atoms with Crippen molar-refractivity contribution in [1.82, 2.24) is 4.57 Å². The van der Waals surface area contributed by atoms with Crippen LogP contribution < -0.4 is 11.1 Å². The quantitative estimate of drug-likeness (QED) is 0.572. The molecule has 0 bridgehead atoms. The first-order chi connectivity index (χ1) is 16.1. The van der Waals surface area contributed by atoms with Crippen LogP contribution in [0.3, 0.4) is 0 Å². The van der Waals surface area contributed by atoms with Crippen molar-refractivity contribution in [1.29, 1.82) is 0 Å². The number of hydrogen-bond donors (Lipinski definition) is 2. The summed E-state index contributed by atoms with van der Waals surface area (Å²) < 4.78 is 36.5. The van der Waals surface area contributed by atoms with Crippen LogP contribution in [-0.4, -0.2) is 35.6 Å². The number of nitrogens with zero attached hydrogens (tertiary/aromatic N) is 1. The van der Waals surface area contributed by atoms with Crippen molar-refractivity contribution < 1.29 is 23.1 Å². The molecule has 1 aromatic heterocycles. The van der Waals surface area contributed by atoms with Gasteiger partial charge in [0.1, 0.15) is 11.6 Å². The van der Waals surface area contributed by atoms with Crippen LogP contribution in [0.4, 0.5) is 14.5 Å². The predicted molar refractivity (Wildman–Crippen MR) is 126 cm³/mol. The van der Waals surface area contributed by atoms with E-state index in [1.165, 1.54) is 18.2 Å².